The monoisotopic (exact) mass is 273 g/mol. The highest BCUT2D eigenvalue weighted by molar-refractivity contribution is 5.90. The van der Waals surface area contributed by atoms with E-state index in [1.54, 1.807) is 19.1 Å². The van der Waals surface area contributed by atoms with E-state index in [1.165, 1.54) is 6.07 Å². The van der Waals surface area contributed by atoms with Gasteiger partial charge in [-0.15, -0.1) is 0 Å². The van der Waals surface area contributed by atoms with Crippen molar-refractivity contribution in [2.45, 2.75) is 25.4 Å². The number of rotatable bonds is 3. The van der Waals surface area contributed by atoms with Crippen LogP contribution in [0.25, 0.3) is 0 Å². The summed E-state index contributed by atoms with van der Waals surface area (Å²) in [5.74, 6) is -1.16. The van der Waals surface area contributed by atoms with Gasteiger partial charge in [-0.25, -0.2) is 4.79 Å². The minimum Gasteiger partial charge on any atom is -0.462 e. The third-order valence-electron chi connectivity index (χ3n) is 3.02. The fourth-order valence-electron chi connectivity index (χ4n) is 2.21. The Kier molecular flexibility index (Phi) is 3.68. The number of anilines is 1. The molecule has 1 unspecified atom stereocenters. The van der Waals surface area contributed by atoms with E-state index in [4.69, 9.17) is 4.74 Å². The average Bonchev–Trinajstić information content (AvgIpc) is 2.70. The number of alkyl halides is 3. The Labute approximate surface area is 108 Å². The third-order valence-corrected chi connectivity index (χ3v) is 3.02. The number of ether oxygens (including phenoxy) is 1. The first-order chi connectivity index (χ1) is 8.90. The zero-order valence-electron chi connectivity index (χ0n) is 10.4. The number of carbonyl (C=O) groups is 1. The number of fused-ring (bicyclic) bond motifs is 1. The van der Waals surface area contributed by atoms with Gasteiger partial charge in [0.25, 0.3) is 0 Å². The highest BCUT2D eigenvalue weighted by Gasteiger charge is 2.36. The van der Waals surface area contributed by atoms with Crippen LogP contribution in [-0.2, 0) is 4.74 Å². The van der Waals surface area contributed by atoms with E-state index in [-0.39, 0.29) is 18.7 Å². The van der Waals surface area contributed by atoms with E-state index in [1.807, 2.05) is 0 Å². The van der Waals surface area contributed by atoms with Gasteiger partial charge in [0.15, 0.2) is 0 Å². The molecule has 0 bridgehead atoms. The molecule has 1 aliphatic rings. The fraction of sp³-hybridized carbons (Fsp3) is 0.462. The standard InChI is InChI=1S/C13H14F3NO2/c1-2-19-12(18)8-3-4-11-10(5-8)9(7-17-11)6-13(14,15)16/h3-5,9,17H,2,6-7H2,1H3. The molecule has 0 saturated carbocycles. The molecule has 0 saturated heterocycles. The molecule has 19 heavy (non-hydrogen) atoms. The van der Waals surface area contributed by atoms with Gasteiger partial charge >= 0.3 is 12.1 Å². The van der Waals surface area contributed by atoms with Crippen LogP contribution in [0.15, 0.2) is 18.2 Å². The first kappa shape index (κ1) is 13.7. The lowest BCUT2D eigenvalue weighted by atomic mass is 9.96. The molecule has 1 heterocycles. The van der Waals surface area contributed by atoms with Gasteiger partial charge in [-0.2, -0.15) is 13.2 Å². The van der Waals surface area contributed by atoms with E-state index in [2.05, 4.69) is 5.32 Å². The van der Waals surface area contributed by atoms with Gasteiger partial charge in [0, 0.05) is 18.2 Å². The smallest absolute Gasteiger partial charge is 0.389 e. The van der Waals surface area contributed by atoms with Gasteiger partial charge < -0.3 is 10.1 Å². The zero-order chi connectivity index (χ0) is 14.0. The Morgan fingerprint density at radius 1 is 1.47 bits per heavy atom. The largest absolute Gasteiger partial charge is 0.462 e. The van der Waals surface area contributed by atoms with Crippen molar-refractivity contribution >= 4 is 11.7 Å². The van der Waals surface area contributed by atoms with Gasteiger partial charge in [0.05, 0.1) is 18.6 Å². The maximum atomic E-state index is 12.5. The van der Waals surface area contributed by atoms with E-state index >= 15 is 0 Å². The minimum absolute atomic E-state index is 0.236. The van der Waals surface area contributed by atoms with Crippen LogP contribution >= 0.6 is 0 Å². The van der Waals surface area contributed by atoms with E-state index in [9.17, 15) is 18.0 Å². The summed E-state index contributed by atoms with van der Waals surface area (Å²) in [5, 5.41) is 2.92. The minimum atomic E-state index is -4.21. The number of esters is 1. The third kappa shape index (κ3) is 3.19. The van der Waals surface area contributed by atoms with E-state index < -0.39 is 24.5 Å². The molecule has 6 heteroatoms. The highest BCUT2D eigenvalue weighted by Crippen LogP contribution is 2.39. The number of hydrogen-bond donors (Lipinski definition) is 1. The number of halogens is 3. The van der Waals surface area contributed by atoms with Crippen molar-refractivity contribution in [1.29, 1.82) is 0 Å². The lowest BCUT2D eigenvalue weighted by Crippen LogP contribution is -2.15. The number of nitrogens with one attached hydrogen (secondary N) is 1. The Bertz CT molecular complexity index is 485. The summed E-state index contributed by atoms with van der Waals surface area (Å²) in [6.45, 7) is 2.15. The molecule has 3 nitrogen and oxygen atoms in total. The lowest BCUT2D eigenvalue weighted by Gasteiger charge is -2.13. The van der Waals surface area contributed by atoms with Crippen LogP contribution in [0.5, 0.6) is 0 Å². The fourth-order valence-corrected chi connectivity index (χ4v) is 2.21. The molecule has 0 aliphatic carbocycles. The Hall–Kier alpha value is -1.72. The van der Waals surface area contributed by atoms with Gasteiger partial charge in [-0.05, 0) is 30.7 Å². The van der Waals surface area contributed by atoms with Crippen molar-refractivity contribution in [3.05, 3.63) is 29.3 Å². The van der Waals surface area contributed by atoms with Crippen LogP contribution in [0, 0.1) is 0 Å². The topological polar surface area (TPSA) is 38.3 Å². The maximum absolute atomic E-state index is 12.5. The summed E-state index contributed by atoms with van der Waals surface area (Å²) in [7, 11) is 0. The first-order valence-corrected chi connectivity index (χ1v) is 6.02. The molecule has 0 amide bonds. The summed E-state index contributed by atoms with van der Waals surface area (Å²) in [4.78, 5) is 11.6. The molecule has 0 spiro atoms. The lowest BCUT2D eigenvalue weighted by molar-refractivity contribution is -0.137. The molecule has 0 radical (unpaired) electrons. The van der Waals surface area contributed by atoms with Crippen LogP contribution in [0.2, 0.25) is 0 Å². The van der Waals surface area contributed by atoms with E-state index in [0.717, 1.165) is 0 Å². The normalized spacial score (nSPS) is 17.8. The molecule has 1 atom stereocenters. The molecule has 1 N–H and O–H groups in total. The van der Waals surface area contributed by atoms with Crippen LogP contribution in [0.1, 0.15) is 35.2 Å². The quantitative estimate of drug-likeness (QED) is 0.858. The molecule has 1 aliphatic heterocycles. The molecule has 104 valence electrons. The average molecular weight is 273 g/mol. The van der Waals surface area contributed by atoms with Crippen LogP contribution in [0.4, 0.5) is 18.9 Å². The number of carbonyl (C=O) groups excluding carboxylic acids is 1. The van der Waals surface area contributed by atoms with Gasteiger partial charge in [-0.1, -0.05) is 0 Å². The summed E-state index contributed by atoms with van der Waals surface area (Å²) in [5.41, 5.74) is 1.47. The molecule has 1 aromatic rings. The SMILES string of the molecule is CCOC(=O)c1ccc2c(c1)C(CC(F)(F)F)CN2. The zero-order valence-corrected chi connectivity index (χ0v) is 10.4. The van der Waals surface area contributed by atoms with Crippen molar-refractivity contribution in [2.24, 2.45) is 0 Å². The van der Waals surface area contributed by atoms with Gasteiger partial charge in [0.1, 0.15) is 0 Å². The predicted octanol–water partition coefficient (Wildman–Crippen LogP) is 3.32. The molecular formula is C13H14F3NO2. The molecular weight excluding hydrogens is 259 g/mol. The van der Waals surface area contributed by atoms with Crippen molar-refractivity contribution in [3.63, 3.8) is 0 Å². The highest BCUT2D eigenvalue weighted by atomic mass is 19.4. The summed E-state index contributed by atoms with van der Waals surface area (Å²) < 4.78 is 42.2. The molecule has 2 rings (SSSR count). The second-order valence-electron chi connectivity index (χ2n) is 4.42. The molecule has 0 aromatic heterocycles. The van der Waals surface area contributed by atoms with Crippen LogP contribution in [-0.4, -0.2) is 25.3 Å². The summed E-state index contributed by atoms with van der Waals surface area (Å²) in [6, 6.07) is 4.67. The Morgan fingerprint density at radius 2 is 2.21 bits per heavy atom. The van der Waals surface area contributed by atoms with Crippen molar-refractivity contribution in [1.82, 2.24) is 0 Å². The van der Waals surface area contributed by atoms with Crippen molar-refractivity contribution in [2.75, 3.05) is 18.5 Å². The van der Waals surface area contributed by atoms with Crippen molar-refractivity contribution < 1.29 is 22.7 Å². The van der Waals surface area contributed by atoms with Crippen LogP contribution < -0.4 is 5.32 Å². The van der Waals surface area contributed by atoms with Gasteiger partial charge in [-0.3, -0.25) is 0 Å². The first-order valence-electron chi connectivity index (χ1n) is 6.02. The predicted molar refractivity (Wildman–Crippen MR) is 64.3 cm³/mol. The van der Waals surface area contributed by atoms with Gasteiger partial charge in [0.2, 0.25) is 0 Å². The molecule has 1 aromatic carbocycles. The Balaban J connectivity index is 2.23. The maximum Gasteiger partial charge on any atom is 0.389 e. The number of benzene rings is 1. The van der Waals surface area contributed by atoms with E-state index in [0.29, 0.717) is 11.3 Å². The second kappa shape index (κ2) is 5.11. The van der Waals surface area contributed by atoms with Crippen molar-refractivity contribution in [3.8, 4) is 0 Å². The molecule has 0 fully saturated rings. The summed E-state index contributed by atoms with van der Waals surface area (Å²) >= 11 is 0. The number of hydrogen-bond acceptors (Lipinski definition) is 3. The Morgan fingerprint density at radius 3 is 2.84 bits per heavy atom. The second-order valence-corrected chi connectivity index (χ2v) is 4.42. The van der Waals surface area contributed by atoms with Crippen LogP contribution in [0.3, 0.4) is 0 Å². The summed E-state index contributed by atoms with van der Waals surface area (Å²) in [6.07, 6.45) is -5.10.